The second-order valence-electron chi connectivity index (χ2n) is 2.29. The lowest BCUT2D eigenvalue weighted by Crippen LogP contribution is -2.27. The number of pyridine rings is 1. The molecule has 1 aromatic heterocycles. The lowest BCUT2D eigenvalue weighted by atomic mass is 10.3. The fourth-order valence-electron chi connectivity index (χ4n) is 0.712. The molecule has 14 heavy (non-hydrogen) atoms. The lowest BCUT2D eigenvalue weighted by molar-refractivity contribution is 0.0696. The Kier molecular flexibility index (Phi) is 2.85. The number of aromatic carboxylic acids is 1. The number of nitrogens with one attached hydrogen (secondary N) is 2. The van der Waals surface area contributed by atoms with E-state index in [4.69, 9.17) is 10.2 Å². The highest BCUT2D eigenvalue weighted by atomic mass is 16.4. The van der Waals surface area contributed by atoms with Gasteiger partial charge in [-0.3, -0.25) is 5.43 Å². The van der Waals surface area contributed by atoms with Gasteiger partial charge >= 0.3 is 12.1 Å². The second kappa shape index (κ2) is 4.08. The van der Waals surface area contributed by atoms with E-state index in [0.29, 0.717) is 0 Å². The van der Waals surface area contributed by atoms with Gasteiger partial charge in [-0.05, 0) is 12.1 Å². The van der Waals surface area contributed by atoms with Gasteiger partial charge < -0.3 is 10.2 Å². The van der Waals surface area contributed by atoms with Crippen molar-refractivity contribution in [2.45, 2.75) is 0 Å². The van der Waals surface area contributed by atoms with Gasteiger partial charge in [0.25, 0.3) is 0 Å². The van der Waals surface area contributed by atoms with Gasteiger partial charge in [-0.2, -0.15) is 0 Å². The van der Waals surface area contributed by atoms with Gasteiger partial charge in [-0.25, -0.2) is 20.0 Å². The molecule has 7 heteroatoms. The zero-order chi connectivity index (χ0) is 10.6. The molecule has 1 amide bonds. The van der Waals surface area contributed by atoms with Crippen molar-refractivity contribution in [3.8, 4) is 0 Å². The summed E-state index contributed by atoms with van der Waals surface area (Å²) in [6.07, 6.45) is -0.136. The minimum atomic E-state index is -1.26. The topological polar surface area (TPSA) is 112 Å². The van der Waals surface area contributed by atoms with Crippen LogP contribution in [0.4, 0.5) is 10.6 Å². The molecule has 0 spiro atoms. The van der Waals surface area contributed by atoms with Gasteiger partial charge in [0.1, 0.15) is 5.82 Å². The average molecular weight is 197 g/mol. The molecule has 0 aromatic carbocycles. The molecule has 0 aliphatic rings. The molecule has 0 bridgehead atoms. The highest BCUT2D eigenvalue weighted by Gasteiger charge is 2.02. The van der Waals surface area contributed by atoms with Crippen molar-refractivity contribution in [2.75, 3.05) is 5.43 Å². The third kappa shape index (κ3) is 2.63. The van der Waals surface area contributed by atoms with Crippen LogP contribution in [0.3, 0.4) is 0 Å². The van der Waals surface area contributed by atoms with E-state index in [9.17, 15) is 9.59 Å². The van der Waals surface area contributed by atoms with Crippen LogP contribution in [0.25, 0.3) is 0 Å². The number of rotatable bonds is 3. The number of aromatic nitrogens is 1. The molecular weight excluding hydrogens is 190 g/mol. The SMILES string of the molecule is O=C(O)NNc1ccc(C(=O)O)cn1. The van der Waals surface area contributed by atoms with Crippen LogP contribution >= 0.6 is 0 Å². The molecule has 74 valence electrons. The zero-order valence-corrected chi connectivity index (χ0v) is 6.89. The maximum absolute atomic E-state index is 10.4. The number of hydrazine groups is 1. The predicted octanol–water partition coefficient (Wildman–Crippen LogP) is 0.374. The number of carboxylic acids is 1. The molecule has 0 atom stereocenters. The van der Waals surface area contributed by atoms with Gasteiger partial charge in [0, 0.05) is 6.20 Å². The maximum Gasteiger partial charge on any atom is 0.423 e. The van der Waals surface area contributed by atoms with Crippen LogP contribution < -0.4 is 10.9 Å². The smallest absolute Gasteiger partial charge is 0.423 e. The molecule has 7 nitrogen and oxygen atoms in total. The maximum atomic E-state index is 10.4. The van der Waals surface area contributed by atoms with E-state index in [1.165, 1.54) is 12.1 Å². The first-order valence-corrected chi connectivity index (χ1v) is 3.54. The number of carboxylic acid groups (broad SMARTS) is 2. The Labute approximate surface area is 78.4 Å². The summed E-state index contributed by atoms with van der Waals surface area (Å²) in [4.78, 5) is 24.1. The third-order valence-corrected chi connectivity index (χ3v) is 1.31. The van der Waals surface area contributed by atoms with Crippen LogP contribution in [0.5, 0.6) is 0 Å². The number of hydrogen-bond donors (Lipinski definition) is 4. The molecule has 1 rings (SSSR count). The van der Waals surface area contributed by atoms with Crippen LogP contribution in [-0.4, -0.2) is 27.3 Å². The Morgan fingerprint density at radius 2 is 2.00 bits per heavy atom. The predicted molar refractivity (Wildman–Crippen MR) is 46.0 cm³/mol. The Hall–Kier alpha value is -2.31. The Bertz CT molecular complexity index is 348. The highest BCUT2D eigenvalue weighted by molar-refractivity contribution is 5.87. The fourth-order valence-corrected chi connectivity index (χ4v) is 0.712. The van der Waals surface area contributed by atoms with Crippen molar-refractivity contribution >= 4 is 17.9 Å². The molecule has 0 aliphatic carbocycles. The van der Waals surface area contributed by atoms with Crippen LogP contribution in [0, 0.1) is 0 Å². The van der Waals surface area contributed by atoms with Crippen molar-refractivity contribution in [2.24, 2.45) is 0 Å². The molecule has 0 unspecified atom stereocenters. The van der Waals surface area contributed by atoms with E-state index in [1.807, 2.05) is 5.43 Å². The van der Waals surface area contributed by atoms with Crippen LogP contribution in [0.15, 0.2) is 18.3 Å². The van der Waals surface area contributed by atoms with Crippen molar-refractivity contribution in [3.63, 3.8) is 0 Å². The summed E-state index contributed by atoms with van der Waals surface area (Å²) in [5.74, 6) is -0.868. The van der Waals surface area contributed by atoms with Crippen molar-refractivity contribution < 1.29 is 19.8 Å². The number of amides is 1. The monoisotopic (exact) mass is 197 g/mol. The summed E-state index contributed by atoms with van der Waals surface area (Å²) < 4.78 is 0. The van der Waals surface area contributed by atoms with Crippen molar-refractivity contribution in [3.05, 3.63) is 23.9 Å². The molecule has 0 saturated carbocycles. The summed E-state index contributed by atoms with van der Waals surface area (Å²) >= 11 is 0. The Balaban J connectivity index is 2.64. The number of nitrogens with zero attached hydrogens (tertiary/aromatic N) is 1. The van der Waals surface area contributed by atoms with Crippen molar-refractivity contribution in [1.82, 2.24) is 10.4 Å². The summed E-state index contributed by atoms with van der Waals surface area (Å²) in [5, 5.41) is 16.7. The van der Waals surface area contributed by atoms with E-state index in [2.05, 4.69) is 10.4 Å². The van der Waals surface area contributed by atoms with Gasteiger partial charge in [-0.1, -0.05) is 0 Å². The molecule has 0 fully saturated rings. The largest absolute Gasteiger partial charge is 0.478 e. The average Bonchev–Trinajstić information content (AvgIpc) is 2.15. The molecule has 0 saturated heterocycles. The number of hydrogen-bond acceptors (Lipinski definition) is 4. The van der Waals surface area contributed by atoms with E-state index in [1.54, 1.807) is 0 Å². The van der Waals surface area contributed by atoms with Crippen LogP contribution in [0.2, 0.25) is 0 Å². The molecule has 4 N–H and O–H groups in total. The van der Waals surface area contributed by atoms with Crippen molar-refractivity contribution in [1.29, 1.82) is 0 Å². The Morgan fingerprint density at radius 1 is 1.29 bits per heavy atom. The summed E-state index contributed by atoms with van der Waals surface area (Å²) in [7, 11) is 0. The molecule has 1 heterocycles. The summed E-state index contributed by atoms with van der Waals surface area (Å²) in [6.45, 7) is 0. The summed E-state index contributed by atoms with van der Waals surface area (Å²) in [5.41, 5.74) is 4.16. The first-order chi connectivity index (χ1) is 6.59. The Morgan fingerprint density at radius 3 is 2.43 bits per heavy atom. The van der Waals surface area contributed by atoms with Gasteiger partial charge in [0.2, 0.25) is 0 Å². The molecular formula is C7H7N3O4. The van der Waals surface area contributed by atoms with E-state index >= 15 is 0 Å². The first-order valence-electron chi connectivity index (χ1n) is 3.54. The molecule has 0 radical (unpaired) electrons. The lowest BCUT2D eigenvalue weighted by Gasteiger charge is -2.03. The standard InChI is InChI=1S/C7H7N3O4/c11-6(12)4-1-2-5(8-3-4)9-10-7(13)14/h1-3,10H,(H,8,9)(H,11,12)(H,13,14). The highest BCUT2D eigenvalue weighted by Crippen LogP contribution is 2.03. The van der Waals surface area contributed by atoms with Gasteiger partial charge in [0.15, 0.2) is 0 Å². The van der Waals surface area contributed by atoms with Crippen LogP contribution in [0.1, 0.15) is 10.4 Å². The fraction of sp³-hybridized carbons (Fsp3) is 0. The second-order valence-corrected chi connectivity index (χ2v) is 2.29. The normalized spacial score (nSPS) is 9.14. The van der Waals surface area contributed by atoms with Crippen LogP contribution in [-0.2, 0) is 0 Å². The minimum Gasteiger partial charge on any atom is -0.478 e. The van der Waals surface area contributed by atoms with E-state index in [0.717, 1.165) is 6.20 Å². The minimum absolute atomic E-state index is 0.0332. The summed E-state index contributed by atoms with van der Waals surface area (Å²) in [6, 6.07) is 2.65. The third-order valence-electron chi connectivity index (χ3n) is 1.31. The molecule has 0 aliphatic heterocycles. The van der Waals surface area contributed by atoms with E-state index in [-0.39, 0.29) is 11.4 Å². The van der Waals surface area contributed by atoms with Gasteiger partial charge in [0.05, 0.1) is 5.56 Å². The quantitative estimate of drug-likeness (QED) is 0.521. The zero-order valence-electron chi connectivity index (χ0n) is 6.89. The first kappa shape index (κ1) is 9.78. The van der Waals surface area contributed by atoms with E-state index < -0.39 is 12.1 Å². The number of anilines is 1. The molecule has 1 aromatic rings. The van der Waals surface area contributed by atoms with Gasteiger partial charge in [-0.15, -0.1) is 0 Å². The number of carbonyl (C=O) groups is 2.